The van der Waals surface area contributed by atoms with Crippen LogP contribution in [0.15, 0.2) is 34.7 Å². The minimum Gasteiger partial charge on any atom is -0.459 e. The highest BCUT2D eigenvalue weighted by atomic mass is 16.3. The molecule has 1 saturated heterocycles. The molecule has 2 N–H and O–H groups in total. The van der Waals surface area contributed by atoms with Crippen molar-refractivity contribution < 1.29 is 4.42 Å². The Bertz CT molecular complexity index is 467. The molecule has 3 rings (SSSR count). The van der Waals surface area contributed by atoms with Crippen LogP contribution in [-0.2, 0) is 0 Å². The SMILES string of the molecule is NCC(c1cc2ccccc2o1)N1CCCC1. The third-order valence-corrected chi connectivity index (χ3v) is 3.58. The fraction of sp³-hybridized carbons (Fsp3) is 0.429. The van der Waals surface area contributed by atoms with Crippen molar-refractivity contribution in [2.24, 2.45) is 5.73 Å². The van der Waals surface area contributed by atoms with E-state index in [0.29, 0.717) is 6.54 Å². The van der Waals surface area contributed by atoms with Crippen LogP contribution in [0, 0.1) is 0 Å². The first-order chi connectivity index (χ1) is 8.38. The summed E-state index contributed by atoms with van der Waals surface area (Å²) in [7, 11) is 0. The lowest BCUT2D eigenvalue weighted by Crippen LogP contribution is -2.31. The van der Waals surface area contributed by atoms with Gasteiger partial charge in [0.2, 0.25) is 0 Å². The summed E-state index contributed by atoms with van der Waals surface area (Å²) in [6.07, 6.45) is 2.55. The van der Waals surface area contributed by atoms with Crippen LogP contribution in [-0.4, -0.2) is 24.5 Å². The molecule has 90 valence electrons. The molecule has 2 heterocycles. The molecule has 1 fully saturated rings. The number of rotatable bonds is 3. The number of hydrogen-bond acceptors (Lipinski definition) is 3. The van der Waals surface area contributed by atoms with Gasteiger partial charge in [-0.1, -0.05) is 18.2 Å². The zero-order chi connectivity index (χ0) is 11.7. The Balaban J connectivity index is 1.94. The second-order valence-corrected chi connectivity index (χ2v) is 4.68. The fourth-order valence-electron chi connectivity index (χ4n) is 2.67. The van der Waals surface area contributed by atoms with Crippen molar-refractivity contribution in [1.29, 1.82) is 0 Å². The molecule has 1 aliphatic rings. The van der Waals surface area contributed by atoms with Crippen LogP contribution in [0.1, 0.15) is 24.6 Å². The highest BCUT2D eigenvalue weighted by molar-refractivity contribution is 5.77. The monoisotopic (exact) mass is 230 g/mol. The molecule has 2 aromatic rings. The Morgan fingerprint density at radius 1 is 1.24 bits per heavy atom. The van der Waals surface area contributed by atoms with Crippen molar-refractivity contribution in [3.8, 4) is 0 Å². The van der Waals surface area contributed by atoms with Crippen LogP contribution in [0.25, 0.3) is 11.0 Å². The zero-order valence-corrected chi connectivity index (χ0v) is 9.93. The van der Waals surface area contributed by atoms with Gasteiger partial charge in [-0.25, -0.2) is 0 Å². The standard InChI is InChI=1S/C14H18N2O/c15-10-12(16-7-3-4-8-16)14-9-11-5-1-2-6-13(11)17-14/h1-2,5-6,9,12H,3-4,7-8,10,15H2. The number of likely N-dealkylation sites (tertiary alicyclic amines) is 1. The van der Waals surface area contributed by atoms with Crippen molar-refractivity contribution >= 4 is 11.0 Å². The van der Waals surface area contributed by atoms with Crippen molar-refractivity contribution in [3.05, 3.63) is 36.1 Å². The topological polar surface area (TPSA) is 42.4 Å². The molecule has 1 atom stereocenters. The van der Waals surface area contributed by atoms with E-state index in [9.17, 15) is 0 Å². The molecule has 1 aromatic carbocycles. The summed E-state index contributed by atoms with van der Waals surface area (Å²) >= 11 is 0. The summed E-state index contributed by atoms with van der Waals surface area (Å²) in [5.74, 6) is 1.01. The van der Waals surface area contributed by atoms with E-state index in [1.54, 1.807) is 0 Å². The van der Waals surface area contributed by atoms with Gasteiger partial charge in [-0.15, -0.1) is 0 Å². The molecule has 1 aliphatic heterocycles. The third kappa shape index (κ3) is 1.96. The molecular formula is C14H18N2O. The van der Waals surface area contributed by atoms with Crippen molar-refractivity contribution in [2.45, 2.75) is 18.9 Å². The number of benzene rings is 1. The Labute approximate surface area is 101 Å². The van der Waals surface area contributed by atoms with E-state index in [2.05, 4.69) is 17.0 Å². The van der Waals surface area contributed by atoms with Crippen molar-refractivity contribution in [3.63, 3.8) is 0 Å². The van der Waals surface area contributed by atoms with Gasteiger partial charge < -0.3 is 10.2 Å². The average Bonchev–Trinajstić information content (AvgIpc) is 2.98. The molecule has 0 radical (unpaired) electrons. The van der Waals surface area contributed by atoms with Crippen LogP contribution in [0.4, 0.5) is 0 Å². The van der Waals surface area contributed by atoms with E-state index in [1.807, 2.05) is 18.2 Å². The zero-order valence-electron chi connectivity index (χ0n) is 9.93. The fourth-order valence-corrected chi connectivity index (χ4v) is 2.67. The van der Waals surface area contributed by atoms with Crippen LogP contribution in [0.3, 0.4) is 0 Å². The van der Waals surface area contributed by atoms with Gasteiger partial charge in [0, 0.05) is 11.9 Å². The Morgan fingerprint density at radius 2 is 2.00 bits per heavy atom. The highest BCUT2D eigenvalue weighted by Gasteiger charge is 2.24. The molecule has 3 nitrogen and oxygen atoms in total. The number of hydrogen-bond donors (Lipinski definition) is 1. The van der Waals surface area contributed by atoms with Gasteiger partial charge >= 0.3 is 0 Å². The van der Waals surface area contributed by atoms with Gasteiger partial charge in [0.15, 0.2) is 0 Å². The number of furan rings is 1. The van der Waals surface area contributed by atoms with Crippen LogP contribution >= 0.6 is 0 Å². The van der Waals surface area contributed by atoms with Gasteiger partial charge in [0.25, 0.3) is 0 Å². The molecule has 0 amide bonds. The first-order valence-corrected chi connectivity index (χ1v) is 6.31. The molecule has 17 heavy (non-hydrogen) atoms. The molecule has 0 spiro atoms. The van der Waals surface area contributed by atoms with Crippen LogP contribution in [0.5, 0.6) is 0 Å². The van der Waals surface area contributed by atoms with Crippen molar-refractivity contribution in [1.82, 2.24) is 4.90 Å². The second kappa shape index (κ2) is 4.51. The maximum absolute atomic E-state index is 5.91. The van der Waals surface area contributed by atoms with E-state index in [0.717, 1.165) is 24.4 Å². The molecule has 0 saturated carbocycles. The first kappa shape index (κ1) is 10.8. The largest absolute Gasteiger partial charge is 0.459 e. The van der Waals surface area contributed by atoms with Gasteiger partial charge in [0.05, 0.1) is 6.04 Å². The highest BCUT2D eigenvalue weighted by Crippen LogP contribution is 2.29. The minimum absolute atomic E-state index is 0.241. The Morgan fingerprint density at radius 3 is 2.71 bits per heavy atom. The number of nitrogens with two attached hydrogens (primary N) is 1. The number of para-hydroxylation sites is 1. The number of nitrogens with zero attached hydrogens (tertiary/aromatic N) is 1. The van der Waals surface area contributed by atoms with Gasteiger partial charge in [-0.2, -0.15) is 0 Å². The predicted molar refractivity (Wildman–Crippen MR) is 68.8 cm³/mol. The van der Waals surface area contributed by atoms with E-state index >= 15 is 0 Å². The lowest BCUT2D eigenvalue weighted by atomic mass is 10.2. The molecule has 0 aliphatic carbocycles. The van der Waals surface area contributed by atoms with Crippen LogP contribution in [0.2, 0.25) is 0 Å². The molecule has 3 heteroatoms. The van der Waals surface area contributed by atoms with E-state index < -0.39 is 0 Å². The maximum Gasteiger partial charge on any atom is 0.134 e. The smallest absolute Gasteiger partial charge is 0.134 e. The number of fused-ring (bicyclic) bond motifs is 1. The van der Waals surface area contributed by atoms with Gasteiger partial charge in [0.1, 0.15) is 11.3 Å². The summed E-state index contributed by atoms with van der Waals surface area (Å²) in [5, 5.41) is 1.17. The third-order valence-electron chi connectivity index (χ3n) is 3.58. The predicted octanol–water partition coefficient (Wildman–Crippen LogP) is 2.53. The lowest BCUT2D eigenvalue weighted by molar-refractivity contribution is 0.224. The summed E-state index contributed by atoms with van der Waals surface area (Å²) < 4.78 is 5.91. The van der Waals surface area contributed by atoms with Crippen LogP contribution < -0.4 is 5.73 Å². The summed E-state index contributed by atoms with van der Waals surface area (Å²) in [6, 6.07) is 10.5. The minimum atomic E-state index is 0.241. The van der Waals surface area contributed by atoms with Crippen molar-refractivity contribution in [2.75, 3.05) is 19.6 Å². The summed E-state index contributed by atoms with van der Waals surface area (Å²) in [5.41, 5.74) is 6.86. The molecular weight excluding hydrogens is 212 g/mol. The summed E-state index contributed by atoms with van der Waals surface area (Å²) in [4.78, 5) is 2.43. The normalized spacial score (nSPS) is 18.9. The Hall–Kier alpha value is -1.32. The van der Waals surface area contributed by atoms with E-state index in [1.165, 1.54) is 18.2 Å². The van der Waals surface area contributed by atoms with Gasteiger partial charge in [-0.3, -0.25) is 4.90 Å². The first-order valence-electron chi connectivity index (χ1n) is 6.31. The molecule has 0 bridgehead atoms. The molecule has 1 aromatic heterocycles. The lowest BCUT2D eigenvalue weighted by Gasteiger charge is -2.23. The maximum atomic E-state index is 5.91. The summed E-state index contributed by atoms with van der Waals surface area (Å²) in [6.45, 7) is 2.90. The quantitative estimate of drug-likeness (QED) is 0.881. The van der Waals surface area contributed by atoms with Gasteiger partial charge in [-0.05, 0) is 38.1 Å². The van der Waals surface area contributed by atoms with E-state index in [4.69, 9.17) is 10.2 Å². The molecule has 1 unspecified atom stereocenters. The average molecular weight is 230 g/mol. The van der Waals surface area contributed by atoms with E-state index in [-0.39, 0.29) is 6.04 Å². The second-order valence-electron chi connectivity index (χ2n) is 4.68. The Kier molecular flexibility index (Phi) is 2.87.